The average Bonchev–Trinajstić information content (AvgIpc) is 2.17. The quantitative estimate of drug-likeness (QED) is 0.488. The lowest BCUT2D eigenvalue weighted by molar-refractivity contribution is -0.106. The van der Waals surface area contributed by atoms with E-state index in [0.717, 1.165) is 12.0 Å². The normalized spacial score (nSPS) is 25.1. The Morgan fingerprint density at radius 3 is 2.40 bits per heavy atom. The van der Waals surface area contributed by atoms with Gasteiger partial charge in [-0.05, 0) is 6.92 Å². The van der Waals surface area contributed by atoms with Gasteiger partial charge in [0.05, 0.1) is 11.9 Å². The van der Waals surface area contributed by atoms with Crippen molar-refractivity contribution in [3.63, 3.8) is 0 Å². The van der Waals surface area contributed by atoms with Gasteiger partial charge >= 0.3 is 0 Å². The fourth-order valence-electron chi connectivity index (χ4n) is 1.01. The summed E-state index contributed by atoms with van der Waals surface area (Å²) in [7, 11) is 3.87. The van der Waals surface area contributed by atoms with Crippen molar-refractivity contribution in [1.29, 1.82) is 0 Å². The molecule has 0 aliphatic carbocycles. The summed E-state index contributed by atoms with van der Waals surface area (Å²) in [5.74, 6) is 0. The van der Waals surface area contributed by atoms with E-state index < -0.39 is 0 Å². The zero-order valence-electron chi connectivity index (χ0n) is 6.53. The van der Waals surface area contributed by atoms with Crippen molar-refractivity contribution in [2.45, 2.75) is 13.1 Å². The molecule has 1 rings (SSSR count). The Bertz CT molecular complexity index is 176. The van der Waals surface area contributed by atoms with E-state index in [1.165, 1.54) is 0 Å². The van der Waals surface area contributed by atoms with Crippen LogP contribution < -0.4 is 0 Å². The molecule has 0 aromatic carbocycles. The van der Waals surface area contributed by atoms with Gasteiger partial charge in [-0.25, -0.2) is 0 Å². The average molecular weight is 140 g/mol. The first kappa shape index (κ1) is 7.12. The largest absolute Gasteiger partial charge is 0.359 e. The minimum absolute atomic E-state index is 0.306. The van der Waals surface area contributed by atoms with Crippen molar-refractivity contribution in [3.05, 3.63) is 11.9 Å². The number of hydrogen-bond donors (Lipinski definition) is 0. The number of aldehydes is 1. The second-order valence-corrected chi connectivity index (χ2v) is 2.58. The van der Waals surface area contributed by atoms with Gasteiger partial charge in [0.1, 0.15) is 0 Å². The van der Waals surface area contributed by atoms with E-state index in [1.54, 1.807) is 0 Å². The molecule has 0 radical (unpaired) electrons. The molecule has 0 saturated carbocycles. The maximum absolute atomic E-state index is 10.4. The van der Waals surface area contributed by atoms with Crippen LogP contribution in [0.4, 0.5) is 0 Å². The molecular formula is C7H12N2O. The van der Waals surface area contributed by atoms with Crippen LogP contribution in [0.2, 0.25) is 0 Å². The first-order valence-corrected chi connectivity index (χ1v) is 3.28. The van der Waals surface area contributed by atoms with E-state index in [0.29, 0.717) is 6.17 Å². The molecule has 0 amide bonds. The van der Waals surface area contributed by atoms with E-state index in [2.05, 4.69) is 0 Å². The van der Waals surface area contributed by atoms with Gasteiger partial charge in [-0.15, -0.1) is 0 Å². The number of likely N-dealkylation sites (N-methyl/N-ethyl adjacent to an activating group) is 1. The van der Waals surface area contributed by atoms with Gasteiger partial charge in [-0.3, -0.25) is 4.79 Å². The van der Waals surface area contributed by atoms with Crippen molar-refractivity contribution in [1.82, 2.24) is 9.80 Å². The third-order valence-electron chi connectivity index (χ3n) is 2.01. The van der Waals surface area contributed by atoms with E-state index in [-0.39, 0.29) is 0 Å². The van der Waals surface area contributed by atoms with Crippen LogP contribution in [0.3, 0.4) is 0 Å². The fourth-order valence-corrected chi connectivity index (χ4v) is 1.01. The highest BCUT2D eigenvalue weighted by Crippen LogP contribution is 2.15. The Morgan fingerprint density at radius 1 is 1.60 bits per heavy atom. The first-order valence-electron chi connectivity index (χ1n) is 3.28. The Kier molecular flexibility index (Phi) is 1.66. The standard InChI is InChI=1S/C7H12N2O/c1-6-8(2)4-7(5-10)9(6)3/h4-6H,1-3H3. The fraction of sp³-hybridized carbons (Fsp3) is 0.571. The second-order valence-electron chi connectivity index (χ2n) is 2.58. The highest BCUT2D eigenvalue weighted by atomic mass is 16.1. The molecule has 1 unspecified atom stereocenters. The maximum Gasteiger partial charge on any atom is 0.167 e. The monoisotopic (exact) mass is 140 g/mol. The number of hydrogen-bond acceptors (Lipinski definition) is 3. The number of carbonyl (C=O) groups is 1. The molecule has 0 N–H and O–H groups in total. The minimum atomic E-state index is 0.306. The van der Waals surface area contributed by atoms with Crippen LogP contribution in [0.25, 0.3) is 0 Å². The molecular weight excluding hydrogens is 128 g/mol. The molecule has 56 valence electrons. The zero-order chi connectivity index (χ0) is 7.72. The zero-order valence-corrected chi connectivity index (χ0v) is 6.53. The van der Waals surface area contributed by atoms with Gasteiger partial charge in [0, 0.05) is 20.3 Å². The van der Waals surface area contributed by atoms with Crippen molar-refractivity contribution < 1.29 is 4.79 Å². The number of rotatable bonds is 1. The highest BCUT2D eigenvalue weighted by molar-refractivity contribution is 5.72. The summed E-state index contributed by atoms with van der Waals surface area (Å²) >= 11 is 0. The molecule has 1 atom stereocenters. The highest BCUT2D eigenvalue weighted by Gasteiger charge is 2.21. The van der Waals surface area contributed by atoms with E-state index in [9.17, 15) is 4.79 Å². The lowest BCUT2D eigenvalue weighted by atomic mass is 10.4. The molecule has 0 spiro atoms. The predicted octanol–water partition coefficient (Wildman–Crippen LogP) is 0.250. The molecule has 1 aliphatic rings. The SMILES string of the molecule is CC1N(C)C=C(C=O)N1C. The van der Waals surface area contributed by atoms with Crippen molar-refractivity contribution in [2.75, 3.05) is 14.1 Å². The van der Waals surface area contributed by atoms with Gasteiger partial charge in [0.2, 0.25) is 0 Å². The van der Waals surface area contributed by atoms with E-state index in [1.807, 2.05) is 37.0 Å². The smallest absolute Gasteiger partial charge is 0.167 e. The minimum Gasteiger partial charge on any atom is -0.359 e. The molecule has 0 aromatic heterocycles. The Morgan fingerprint density at radius 2 is 2.20 bits per heavy atom. The Labute approximate surface area is 60.9 Å². The number of allylic oxidation sites excluding steroid dienone is 1. The van der Waals surface area contributed by atoms with Gasteiger partial charge < -0.3 is 9.80 Å². The van der Waals surface area contributed by atoms with Crippen LogP contribution in [0.5, 0.6) is 0 Å². The van der Waals surface area contributed by atoms with E-state index >= 15 is 0 Å². The molecule has 0 fully saturated rings. The van der Waals surface area contributed by atoms with E-state index in [4.69, 9.17) is 0 Å². The summed E-state index contributed by atoms with van der Waals surface area (Å²) in [6, 6.07) is 0. The lowest BCUT2D eigenvalue weighted by Crippen LogP contribution is -2.32. The molecule has 3 heteroatoms. The van der Waals surface area contributed by atoms with Crippen molar-refractivity contribution >= 4 is 6.29 Å². The lowest BCUT2D eigenvalue weighted by Gasteiger charge is -2.23. The van der Waals surface area contributed by atoms with Crippen LogP contribution >= 0.6 is 0 Å². The summed E-state index contributed by atoms with van der Waals surface area (Å²) in [5, 5.41) is 0. The molecule has 1 aliphatic heterocycles. The van der Waals surface area contributed by atoms with Gasteiger partial charge in [0.25, 0.3) is 0 Å². The Balaban J connectivity index is 2.77. The molecule has 0 saturated heterocycles. The summed E-state index contributed by atoms with van der Waals surface area (Å²) in [4.78, 5) is 14.3. The molecule has 1 heterocycles. The second kappa shape index (κ2) is 2.33. The van der Waals surface area contributed by atoms with Gasteiger partial charge in [0.15, 0.2) is 6.29 Å². The van der Waals surface area contributed by atoms with Crippen LogP contribution in [-0.4, -0.2) is 36.3 Å². The van der Waals surface area contributed by atoms with Gasteiger partial charge in [-0.1, -0.05) is 0 Å². The molecule has 0 aromatic rings. The van der Waals surface area contributed by atoms with Crippen LogP contribution in [0.1, 0.15) is 6.92 Å². The third kappa shape index (κ3) is 0.875. The first-order chi connectivity index (χ1) is 4.66. The molecule has 0 bridgehead atoms. The summed E-state index contributed by atoms with van der Waals surface area (Å²) in [5.41, 5.74) is 0.745. The molecule has 3 nitrogen and oxygen atoms in total. The number of carbonyl (C=O) groups excluding carboxylic acids is 1. The summed E-state index contributed by atoms with van der Waals surface area (Å²) < 4.78 is 0. The van der Waals surface area contributed by atoms with Gasteiger partial charge in [-0.2, -0.15) is 0 Å². The van der Waals surface area contributed by atoms with Crippen LogP contribution in [-0.2, 0) is 4.79 Å². The topological polar surface area (TPSA) is 23.6 Å². The number of nitrogens with zero attached hydrogens (tertiary/aromatic N) is 2. The Hall–Kier alpha value is -0.990. The van der Waals surface area contributed by atoms with Crippen molar-refractivity contribution in [2.24, 2.45) is 0 Å². The maximum atomic E-state index is 10.4. The summed E-state index contributed by atoms with van der Waals surface area (Å²) in [6.45, 7) is 2.05. The van der Waals surface area contributed by atoms with Crippen LogP contribution in [0.15, 0.2) is 11.9 Å². The summed E-state index contributed by atoms with van der Waals surface area (Å²) in [6.07, 6.45) is 3.03. The van der Waals surface area contributed by atoms with Crippen LogP contribution in [0, 0.1) is 0 Å². The molecule has 10 heavy (non-hydrogen) atoms. The predicted molar refractivity (Wildman–Crippen MR) is 39.1 cm³/mol. The van der Waals surface area contributed by atoms with Crippen molar-refractivity contribution in [3.8, 4) is 0 Å². The third-order valence-corrected chi connectivity index (χ3v) is 2.01.